The number of aryl methyl sites for hydroxylation is 1. The van der Waals surface area contributed by atoms with Crippen LogP contribution in [0.15, 0.2) is 0 Å². The Bertz CT molecular complexity index is 482. The average molecular weight is 283 g/mol. The van der Waals surface area contributed by atoms with Crippen LogP contribution in [-0.2, 0) is 18.2 Å². The van der Waals surface area contributed by atoms with Crippen molar-refractivity contribution in [1.29, 1.82) is 0 Å². The van der Waals surface area contributed by atoms with E-state index in [2.05, 4.69) is 15.4 Å². The fraction of sp³-hybridized carbons (Fsp3) is 0.833. The van der Waals surface area contributed by atoms with Crippen LogP contribution in [0.2, 0.25) is 0 Å². The molecule has 1 amide bonds. The smallest absolute Gasteiger partial charge is 0.410 e. The van der Waals surface area contributed by atoms with Crippen LogP contribution < -0.4 is 0 Å². The van der Waals surface area contributed by atoms with Gasteiger partial charge < -0.3 is 14.7 Å². The summed E-state index contributed by atoms with van der Waals surface area (Å²) in [5, 5.41) is 21.8. The summed E-state index contributed by atoms with van der Waals surface area (Å²) < 4.78 is 5.30. The third-order valence-corrected chi connectivity index (χ3v) is 3.05. The molecule has 0 bridgehead atoms. The summed E-state index contributed by atoms with van der Waals surface area (Å²) in [7, 11) is 1.69. The Hall–Kier alpha value is -1.70. The van der Waals surface area contributed by atoms with E-state index in [1.54, 1.807) is 7.05 Å². The molecule has 0 aromatic carbocycles. The number of carbonyl (C=O) groups is 1. The predicted molar refractivity (Wildman–Crippen MR) is 69.8 cm³/mol. The van der Waals surface area contributed by atoms with Gasteiger partial charge in [-0.2, -0.15) is 4.80 Å². The average Bonchev–Trinajstić information content (AvgIpc) is 2.85. The highest BCUT2D eigenvalue weighted by Gasteiger charge is 2.36. The molecule has 2 rings (SSSR count). The van der Waals surface area contributed by atoms with E-state index in [1.807, 2.05) is 20.8 Å². The molecule has 0 saturated carbocycles. The molecular formula is C12H21N5O3. The number of hydrogen-bond acceptors (Lipinski definition) is 6. The first-order valence-corrected chi connectivity index (χ1v) is 6.63. The van der Waals surface area contributed by atoms with Crippen molar-refractivity contribution < 1.29 is 14.6 Å². The van der Waals surface area contributed by atoms with Crippen molar-refractivity contribution in [2.24, 2.45) is 13.0 Å². The summed E-state index contributed by atoms with van der Waals surface area (Å²) in [5.41, 5.74) is -0.535. The molecule has 112 valence electrons. The minimum Gasteiger partial charge on any atom is -0.444 e. The quantitative estimate of drug-likeness (QED) is 0.820. The zero-order valence-corrected chi connectivity index (χ0v) is 12.3. The number of β-amino-alcohol motifs (C(OH)–C–C–N with tert-alkyl or cyclic N) is 1. The van der Waals surface area contributed by atoms with E-state index < -0.39 is 17.8 Å². The Morgan fingerprint density at radius 1 is 1.45 bits per heavy atom. The number of hydrogen-bond donors (Lipinski definition) is 1. The van der Waals surface area contributed by atoms with Crippen molar-refractivity contribution >= 4 is 6.09 Å². The van der Waals surface area contributed by atoms with Crippen LogP contribution >= 0.6 is 0 Å². The fourth-order valence-electron chi connectivity index (χ4n) is 2.17. The van der Waals surface area contributed by atoms with Gasteiger partial charge in [0.2, 0.25) is 0 Å². The van der Waals surface area contributed by atoms with Crippen molar-refractivity contribution in [3.05, 3.63) is 5.82 Å². The summed E-state index contributed by atoms with van der Waals surface area (Å²) >= 11 is 0. The summed E-state index contributed by atoms with van der Waals surface area (Å²) in [6.07, 6.45) is -0.494. The first-order chi connectivity index (χ1) is 9.24. The largest absolute Gasteiger partial charge is 0.444 e. The molecule has 0 spiro atoms. The van der Waals surface area contributed by atoms with Crippen LogP contribution in [0, 0.1) is 5.92 Å². The van der Waals surface area contributed by atoms with Crippen molar-refractivity contribution in [2.45, 2.75) is 38.9 Å². The van der Waals surface area contributed by atoms with Gasteiger partial charge in [0.25, 0.3) is 0 Å². The Labute approximate surface area is 117 Å². The molecule has 0 unspecified atom stereocenters. The maximum Gasteiger partial charge on any atom is 0.410 e. The first kappa shape index (κ1) is 14.7. The molecule has 2 atom stereocenters. The summed E-state index contributed by atoms with van der Waals surface area (Å²) in [4.78, 5) is 14.9. The minimum atomic E-state index is -0.591. The van der Waals surface area contributed by atoms with E-state index in [0.717, 1.165) is 0 Å². The topological polar surface area (TPSA) is 93.4 Å². The van der Waals surface area contributed by atoms with E-state index in [4.69, 9.17) is 4.74 Å². The molecule has 8 heteroatoms. The van der Waals surface area contributed by atoms with Crippen molar-refractivity contribution in [3.63, 3.8) is 0 Å². The van der Waals surface area contributed by atoms with Gasteiger partial charge in [-0.25, -0.2) is 4.79 Å². The number of amides is 1. The van der Waals surface area contributed by atoms with E-state index in [-0.39, 0.29) is 12.5 Å². The number of ether oxygens (including phenoxy) is 1. The van der Waals surface area contributed by atoms with Crippen molar-refractivity contribution in [3.8, 4) is 0 Å². The molecule has 1 aliphatic heterocycles. The number of rotatable bonds is 2. The van der Waals surface area contributed by atoms with Crippen molar-refractivity contribution in [1.82, 2.24) is 25.1 Å². The van der Waals surface area contributed by atoms with Crippen LogP contribution in [0.4, 0.5) is 4.79 Å². The number of tetrazole rings is 1. The lowest BCUT2D eigenvalue weighted by Crippen LogP contribution is -2.35. The van der Waals surface area contributed by atoms with Gasteiger partial charge in [0.15, 0.2) is 5.82 Å². The Balaban J connectivity index is 1.93. The Morgan fingerprint density at radius 2 is 2.15 bits per heavy atom. The number of aliphatic hydroxyl groups excluding tert-OH is 1. The van der Waals surface area contributed by atoms with Crippen molar-refractivity contribution in [2.75, 3.05) is 13.1 Å². The fourth-order valence-corrected chi connectivity index (χ4v) is 2.17. The monoisotopic (exact) mass is 283 g/mol. The molecule has 1 saturated heterocycles. The van der Waals surface area contributed by atoms with E-state index >= 15 is 0 Å². The molecule has 1 N–H and O–H groups in total. The molecular weight excluding hydrogens is 262 g/mol. The summed E-state index contributed by atoms with van der Waals surface area (Å²) in [6.45, 7) is 6.17. The molecule has 8 nitrogen and oxygen atoms in total. The maximum absolute atomic E-state index is 12.0. The highest BCUT2D eigenvalue weighted by Crippen LogP contribution is 2.22. The predicted octanol–water partition coefficient (Wildman–Crippen LogP) is -0.0196. The molecule has 1 aromatic rings. The van der Waals surface area contributed by atoms with Crippen LogP contribution in [0.25, 0.3) is 0 Å². The maximum atomic E-state index is 12.0. The molecule has 2 heterocycles. The second kappa shape index (κ2) is 5.35. The van der Waals surface area contributed by atoms with E-state index in [0.29, 0.717) is 18.8 Å². The third-order valence-electron chi connectivity index (χ3n) is 3.05. The second-order valence-corrected chi connectivity index (χ2v) is 6.11. The number of aliphatic hydroxyl groups is 1. The van der Waals surface area contributed by atoms with Gasteiger partial charge in [0.05, 0.1) is 19.7 Å². The first-order valence-electron chi connectivity index (χ1n) is 6.63. The number of aromatic nitrogens is 4. The van der Waals surface area contributed by atoms with E-state index in [9.17, 15) is 9.90 Å². The number of likely N-dealkylation sites (tertiary alicyclic amines) is 1. The minimum absolute atomic E-state index is 0.0910. The second-order valence-electron chi connectivity index (χ2n) is 6.11. The zero-order chi connectivity index (χ0) is 14.9. The van der Waals surface area contributed by atoms with Gasteiger partial charge in [-0.3, -0.25) is 0 Å². The van der Waals surface area contributed by atoms with E-state index in [1.165, 1.54) is 9.70 Å². The van der Waals surface area contributed by atoms with Crippen LogP contribution in [0.3, 0.4) is 0 Å². The summed E-state index contributed by atoms with van der Waals surface area (Å²) in [5.74, 6) is 0.481. The highest BCUT2D eigenvalue weighted by molar-refractivity contribution is 5.68. The molecule has 1 aliphatic rings. The van der Waals surface area contributed by atoms with Gasteiger partial charge in [0.1, 0.15) is 5.60 Å². The molecule has 0 aliphatic carbocycles. The van der Waals surface area contributed by atoms with Crippen LogP contribution in [0.1, 0.15) is 26.6 Å². The SMILES string of the molecule is Cn1nnc(C[C@@H]2CN(C(=O)OC(C)(C)C)C[C@H]2O)n1. The highest BCUT2D eigenvalue weighted by atomic mass is 16.6. The molecule has 20 heavy (non-hydrogen) atoms. The van der Waals surface area contributed by atoms with Crippen LogP contribution in [0.5, 0.6) is 0 Å². The normalized spacial score (nSPS) is 23.1. The van der Waals surface area contributed by atoms with Gasteiger partial charge in [-0.15, -0.1) is 10.2 Å². The lowest BCUT2D eigenvalue weighted by Gasteiger charge is -2.24. The number of nitrogens with zero attached hydrogens (tertiary/aromatic N) is 5. The Kier molecular flexibility index (Phi) is 3.94. The summed E-state index contributed by atoms with van der Waals surface area (Å²) in [6, 6.07) is 0. The van der Waals surface area contributed by atoms with Gasteiger partial charge in [0, 0.05) is 18.9 Å². The van der Waals surface area contributed by atoms with Gasteiger partial charge in [-0.1, -0.05) is 0 Å². The lowest BCUT2D eigenvalue weighted by atomic mass is 10.0. The van der Waals surface area contributed by atoms with Gasteiger partial charge >= 0.3 is 6.09 Å². The third kappa shape index (κ3) is 3.66. The molecule has 1 fully saturated rings. The van der Waals surface area contributed by atoms with Crippen LogP contribution in [-0.4, -0.2) is 61.1 Å². The molecule has 1 aromatic heterocycles. The van der Waals surface area contributed by atoms with Gasteiger partial charge in [-0.05, 0) is 26.0 Å². The number of carbonyl (C=O) groups excluding carboxylic acids is 1. The molecule has 0 radical (unpaired) electrons. The Morgan fingerprint density at radius 3 is 2.70 bits per heavy atom. The standard InChI is InChI=1S/C12H21N5O3/c1-12(2,3)20-11(19)17-6-8(9(18)7-17)5-10-13-15-16(4)14-10/h8-9,18H,5-7H2,1-4H3/t8-,9-/m1/s1. The lowest BCUT2D eigenvalue weighted by molar-refractivity contribution is 0.0269. The zero-order valence-electron chi connectivity index (χ0n) is 12.3.